The number of carbonyl (C=O) groups excluding carboxylic acids is 1. The summed E-state index contributed by atoms with van der Waals surface area (Å²) >= 11 is 0. The van der Waals surface area contributed by atoms with E-state index in [1.54, 1.807) is 31.4 Å². The maximum absolute atomic E-state index is 12.3. The van der Waals surface area contributed by atoms with E-state index in [0.29, 0.717) is 23.9 Å². The van der Waals surface area contributed by atoms with Crippen molar-refractivity contribution < 1.29 is 17.9 Å². The summed E-state index contributed by atoms with van der Waals surface area (Å²) in [5.41, 5.74) is 2.79. The fourth-order valence-electron chi connectivity index (χ4n) is 3.89. The summed E-state index contributed by atoms with van der Waals surface area (Å²) in [4.78, 5) is 12.3. The average Bonchev–Trinajstić information content (AvgIpc) is 2.70. The zero-order valence-electron chi connectivity index (χ0n) is 16.1. The summed E-state index contributed by atoms with van der Waals surface area (Å²) in [5.74, 6) is 1.91. The fourth-order valence-corrected chi connectivity index (χ4v) is 4.40. The predicted molar refractivity (Wildman–Crippen MR) is 111 cm³/mol. The molecule has 2 aromatic carbocycles. The van der Waals surface area contributed by atoms with Crippen molar-refractivity contribution >= 4 is 22.3 Å². The Morgan fingerprint density at radius 1 is 1.00 bits per heavy atom. The Morgan fingerprint density at radius 3 is 2.21 bits per heavy atom. The maximum atomic E-state index is 12.3. The summed E-state index contributed by atoms with van der Waals surface area (Å²) in [6.45, 7) is 0. The Kier molecular flexibility index (Phi) is 7.09. The second-order valence-electron chi connectivity index (χ2n) is 7.43. The molecule has 1 fully saturated rings. The van der Waals surface area contributed by atoms with Crippen molar-refractivity contribution in [2.75, 3.05) is 12.4 Å². The molecule has 0 aliphatic heterocycles. The van der Waals surface area contributed by atoms with Crippen LogP contribution in [0.3, 0.4) is 0 Å². The average molecular weight is 402 g/mol. The van der Waals surface area contributed by atoms with Gasteiger partial charge in [0, 0.05) is 12.1 Å². The molecule has 2 aromatic rings. The third-order valence-electron chi connectivity index (χ3n) is 5.46. The van der Waals surface area contributed by atoms with Gasteiger partial charge in [0.2, 0.25) is 5.91 Å². The minimum Gasteiger partial charge on any atom is -0.497 e. The standard InChI is InChI=1S/C22H27NO4S/c1-27-21-12-8-19(9-13-21)18-6-2-16(3-7-18)14-22(24)23-20-10-4-17(5-11-20)15-28(25)26/h4-5,8-13,16,18,28H,2-3,6-7,14-15H2,1H3,(H,23,24). The molecule has 5 nitrogen and oxygen atoms in total. The fraction of sp³-hybridized carbons (Fsp3) is 0.409. The summed E-state index contributed by atoms with van der Waals surface area (Å²) < 4.78 is 26.7. The van der Waals surface area contributed by atoms with E-state index in [9.17, 15) is 13.2 Å². The minimum absolute atomic E-state index is 0.0237. The maximum Gasteiger partial charge on any atom is 0.224 e. The van der Waals surface area contributed by atoms with Crippen LogP contribution in [0.1, 0.15) is 49.1 Å². The predicted octanol–water partition coefficient (Wildman–Crippen LogP) is 4.11. The highest BCUT2D eigenvalue weighted by Gasteiger charge is 2.24. The normalized spacial score (nSPS) is 19.4. The van der Waals surface area contributed by atoms with Crippen LogP contribution in [-0.2, 0) is 21.3 Å². The van der Waals surface area contributed by atoms with E-state index < -0.39 is 10.7 Å². The summed E-state index contributed by atoms with van der Waals surface area (Å²) in [6, 6.07) is 15.3. The molecule has 0 heterocycles. The smallest absolute Gasteiger partial charge is 0.224 e. The Balaban J connectivity index is 1.45. The Labute approximate surface area is 168 Å². The third kappa shape index (κ3) is 5.83. The van der Waals surface area contributed by atoms with Gasteiger partial charge in [0.05, 0.1) is 12.9 Å². The van der Waals surface area contributed by atoms with E-state index >= 15 is 0 Å². The number of thiol groups is 1. The largest absolute Gasteiger partial charge is 0.497 e. The van der Waals surface area contributed by atoms with Crippen LogP contribution >= 0.6 is 0 Å². The molecule has 0 unspecified atom stereocenters. The molecule has 28 heavy (non-hydrogen) atoms. The number of anilines is 1. The molecule has 150 valence electrons. The number of carbonyl (C=O) groups is 1. The van der Waals surface area contributed by atoms with Crippen molar-refractivity contribution in [2.24, 2.45) is 5.92 Å². The SMILES string of the molecule is COc1ccc(C2CCC(CC(=O)Nc3ccc(C[SH](=O)=O)cc3)CC2)cc1. The summed E-state index contributed by atoms with van der Waals surface area (Å²) in [7, 11) is -0.757. The molecular weight excluding hydrogens is 374 g/mol. The second kappa shape index (κ2) is 9.73. The number of benzene rings is 2. The lowest BCUT2D eigenvalue weighted by Crippen LogP contribution is -2.20. The molecule has 0 atom stereocenters. The summed E-state index contributed by atoms with van der Waals surface area (Å²) in [5, 5.41) is 2.92. The zero-order chi connectivity index (χ0) is 19.9. The van der Waals surface area contributed by atoms with Crippen LogP contribution in [-0.4, -0.2) is 21.4 Å². The minimum atomic E-state index is -2.43. The Hall–Kier alpha value is -2.34. The second-order valence-corrected chi connectivity index (χ2v) is 8.41. The number of hydrogen-bond donors (Lipinski definition) is 2. The van der Waals surface area contributed by atoms with Crippen molar-refractivity contribution in [3.63, 3.8) is 0 Å². The van der Waals surface area contributed by atoms with Crippen LogP contribution in [0.25, 0.3) is 0 Å². The van der Waals surface area contributed by atoms with E-state index in [-0.39, 0.29) is 11.7 Å². The van der Waals surface area contributed by atoms with E-state index in [1.807, 2.05) is 12.1 Å². The first kappa shape index (κ1) is 20.4. The first-order valence-corrected chi connectivity index (χ1v) is 11.0. The number of amides is 1. The van der Waals surface area contributed by atoms with Gasteiger partial charge in [-0.2, -0.15) is 0 Å². The van der Waals surface area contributed by atoms with Gasteiger partial charge >= 0.3 is 0 Å². The summed E-state index contributed by atoms with van der Waals surface area (Å²) in [6.07, 6.45) is 4.85. The van der Waals surface area contributed by atoms with Crippen LogP contribution < -0.4 is 10.1 Å². The number of rotatable bonds is 7. The van der Waals surface area contributed by atoms with Crippen LogP contribution in [0.5, 0.6) is 5.75 Å². The highest BCUT2D eigenvalue weighted by atomic mass is 32.2. The molecule has 1 aliphatic carbocycles. The van der Waals surface area contributed by atoms with E-state index in [0.717, 1.165) is 37.0 Å². The molecule has 0 aromatic heterocycles. The van der Waals surface area contributed by atoms with Crippen LogP contribution in [0, 0.1) is 5.92 Å². The number of nitrogens with one attached hydrogen (secondary N) is 1. The molecule has 1 amide bonds. The number of ether oxygens (including phenoxy) is 1. The molecule has 3 rings (SSSR count). The van der Waals surface area contributed by atoms with Crippen molar-refractivity contribution in [3.8, 4) is 5.75 Å². The van der Waals surface area contributed by atoms with Gasteiger partial charge in [-0.3, -0.25) is 4.79 Å². The highest BCUT2D eigenvalue weighted by Crippen LogP contribution is 2.37. The van der Waals surface area contributed by atoms with Gasteiger partial charge in [-0.05, 0) is 72.9 Å². The van der Waals surface area contributed by atoms with Gasteiger partial charge in [0.1, 0.15) is 16.5 Å². The molecule has 1 aliphatic rings. The number of methoxy groups -OCH3 is 1. The highest BCUT2D eigenvalue weighted by molar-refractivity contribution is 7.71. The van der Waals surface area contributed by atoms with Gasteiger partial charge in [-0.15, -0.1) is 0 Å². The first-order chi connectivity index (χ1) is 13.5. The first-order valence-electron chi connectivity index (χ1n) is 9.68. The van der Waals surface area contributed by atoms with Gasteiger partial charge in [-0.1, -0.05) is 24.3 Å². The van der Waals surface area contributed by atoms with Crippen molar-refractivity contribution in [2.45, 2.75) is 43.8 Å². The van der Waals surface area contributed by atoms with Crippen LogP contribution in [0.2, 0.25) is 0 Å². The molecule has 0 spiro atoms. The third-order valence-corrected chi connectivity index (χ3v) is 6.08. The van der Waals surface area contributed by atoms with Gasteiger partial charge in [0.15, 0.2) is 0 Å². The molecule has 6 heteroatoms. The van der Waals surface area contributed by atoms with Gasteiger partial charge < -0.3 is 10.1 Å². The van der Waals surface area contributed by atoms with Crippen molar-refractivity contribution in [3.05, 3.63) is 59.7 Å². The van der Waals surface area contributed by atoms with Gasteiger partial charge in [0.25, 0.3) is 0 Å². The lowest BCUT2D eigenvalue weighted by atomic mass is 9.77. The van der Waals surface area contributed by atoms with Crippen LogP contribution in [0.4, 0.5) is 5.69 Å². The number of hydrogen-bond acceptors (Lipinski definition) is 4. The molecule has 0 saturated heterocycles. The quantitative estimate of drug-likeness (QED) is 0.685. The molecule has 1 saturated carbocycles. The van der Waals surface area contributed by atoms with E-state index in [4.69, 9.17) is 4.74 Å². The molecule has 0 radical (unpaired) electrons. The Bertz CT molecular complexity index is 843. The van der Waals surface area contributed by atoms with Crippen molar-refractivity contribution in [1.29, 1.82) is 0 Å². The zero-order valence-corrected chi connectivity index (χ0v) is 17.0. The molecule has 1 N–H and O–H groups in total. The molecular formula is C22H27NO4S. The Morgan fingerprint density at radius 2 is 1.64 bits per heavy atom. The lowest BCUT2D eigenvalue weighted by Gasteiger charge is -2.28. The molecule has 0 bridgehead atoms. The van der Waals surface area contributed by atoms with E-state index in [1.165, 1.54) is 5.56 Å². The topological polar surface area (TPSA) is 72.5 Å². The van der Waals surface area contributed by atoms with Crippen LogP contribution in [0.15, 0.2) is 48.5 Å². The van der Waals surface area contributed by atoms with Crippen molar-refractivity contribution in [1.82, 2.24) is 0 Å². The van der Waals surface area contributed by atoms with Gasteiger partial charge in [-0.25, -0.2) is 8.42 Å². The monoisotopic (exact) mass is 401 g/mol. The van der Waals surface area contributed by atoms with E-state index in [2.05, 4.69) is 17.4 Å². The lowest BCUT2D eigenvalue weighted by molar-refractivity contribution is -0.117.